The minimum Gasteiger partial charge on any atom is -0.394 e. The third-order valence-corrected chi connectivity index (χ3v) is 3.65. The molecule has 0 heterocycles. The molecule has 0 radical (unpaired) electrons. The zero-order valence-corrected chi connectivity index (χ0v) is 10.7. The molecule has 4 N–H and O–H groups in total. The van der Waals surface area contributed by atoms with Gasteiger partial charge in [0.1, 0.15) is 0 Å². The van der Waals surface area contributed by atoms with Gasteiger partial charge in [-0.2, -0.15) is 0 Å². The van der Waals surface area contributed by atoms with E-state index >= 15 is 0 Å². The van der Waals surface area contributed by atoms with Crippen molar-refractivity contribution in [3.63, 3.8) is 0 Å². The number of rotatable bonds is 8. The summed E-state index contributed by atoms with van der Waals surface area (Å²) < 4.78 is 11.0. The summed E-state index contributed by atoms with van der Waals surface area (Å²) in [6.45, 7) is 0.0409. The SMILES string of the molecule is OCCOC1(CO)CCC(CO)(OCCO)CC1. The molecular weight excluding hydrogens is 240 g/mol. The molecule has 108 valence electrons. The minimum atomic E-state index is -0.635. The van der Waals surface area contributed by atoms with Gasteiger partial charge in [-0.15, -0.1) is 0 Å². The van der Waals surface area contributed by atoms with Crippen molar-refractivity contribution in [2.45, 2.75) is 36.9 Å². The van der Waals surface area contributed by atoms with E-state index in [0.29, 0.717) is 25.7 Å². The molecule has 6 heteroatoms. The van der Waals surface area contributed by atoms with E-state index < -0.39 is 11.2 Å². The fraction of sp³-hybridized carbons (Fsp3) is 1.00. The zero-order valence-electron chi connectivity index (χ0n) is 10.7. The fourth-order valence-electron chi connectivity index (χ4n) is 2.38. The van der Waals surface area contributed by atoms with E-state index in [0.717, 1.165) is 0 Å². The standard InChI is InChI=1S/C12H24O6/c13-5-7-17-11(9-15)1-2-12(10-16,4-3-11)18-8-6-14/h13-16H,1-10H2. The highest BCUT2D eigenvalue weighted by Gasteiger charge is 2.43. The molecule has 0 atom stereocenters. The maximum Gasteiger partial charge on any atom is 0.0915 e. The summed E-state index contributed by atoms with van der Waals surface area (Å²) in [4.78, 5) is 0. The largest absolute Gasteiger partial charge is 0.394 e. The first-order chi connectivity index (χ1) is 8.66. The van der Waals surface area contributed by atoms with Gasteiger partial charge in [-0.3, -0.25) is 0 Å². The highest BCUT2D eigenvalue weighted by atomic mass is 16.5. The van der Waals surface area contributed by atoms with Crippen LogP contribution in [0.15, 0.2) is 0 Å². The molecule has 1 aliphatic carbocycles. The molecule has 0 aromatic heterocycles. The Labute approximate surface area is 107 Å². The summed E-state index contributed by atoms with van der Waals surface area (Å²) in [5.74, 6) is 0. The quantitative estimate of drug-likeness (QED) is 0.451. The second-order valence-corrected chi connectivity index (χ2v) is 4.83. The lowest BCUT2D eigenvalue weighted by Gasteiger charge is -2.44. The lowest BCUT2D eigenvalue weighted by Crippen LogP contribution is -2.50. The van der Waals surface area contributed by atoms with Crippen LogP contribution in [0.4, 0.5) is 0 Å². The van der Waals surface area contributed by atoms with Crippen LogP contribution in [-0.4, -0.2) is 71.3 Å². The Kier molecular flexibility index (Phi) is 6.48. The van der Waals surface area contributed by atoms with E-state index in [4.69, 9.17) is 19.7 Å². The molecule has 0 spiro atoms. The van der Waals surface area contributed by atoms with E-state index in [9.17, 15) is 10.2 Å². The number of hydrogen-bond donors (Lipinski definition) is 4. The highest BCUT2D eigenvalue weighted by Crippen LogP contribution is 2.39. The molecule has 6 nitrogen and oxygen atoms in total. The first-order valence-electron chi connectivity index (χ1n) is 6.37. The first-order valence-corrected chi connectivity index (χ1v) is 6.37. The number of ether oxygens (including phenoxy) is 2. The van der Waals surface area contributed by atoms with E-state index in [1.165, 1.54) is 0 Å². The molecule has 0 amide bonds. The van der Waals surface area contributed by atoms with Gasteiger partial charge in [0.2, 0.25) is 0 Å². The van der Waals surface area contributed by atoms with Gasteiger partial charge in [0.15, 0.2) is 0 Å². The smallest absolute Gasteiger partial charge is 0.0915 e. The Bertz CT molecular complexity index is 201. The predicted octanol–water partition coefficient (Wildman–Crippen LogP) is -0.960. The summed E-state index contributed by atoms with van der Waals surface area (Å²) in [6.07, 6.45) is 2.26. The molecule has 0 bridgehead atoms. The maximum atomic E-state index is 9.44. The Morgan fingerprint density at radius 3 is 1.22 bits per heavy atom. The average molecular weight is 264 g/mol. The molecule has 0 aromatic rings. The third kappa shape index (κ3) is 3.88. The predicted molar refractivity (Wildman–Crippen MR) is 64.2 cm³/mol. The first kappa shape index (κ1) is 15.8. The Morgan fingerprint density at radius 1 is 0.667 bits per heavy atom. The lowest BCUT2D eigenvalue weighted by molar-refractivity contribution is -0.171. The number of aliphatic hydroxyl groups excluding tert-OH is 4. The molecule has 1 saturated carbocycles. The van der Waals surface area contributed by atoms with Crippen molar-refractivity contribution < 1.29 is 29.9 Å². The molecule has 1 aliphatic rings. The van der Waals surface area contributed by atoms with E-state index in [1.807, 2.05) is 0 Å². The third-order valence-electron chi connectivity index (χ3n) is 3.65. The topological polar surface area (TPSA) is 99.4 Å². The van der Waals surface area contributed by atoms with E-state index in [-0.39, 0.29) is 39.6 Å². The van der Waals surface area contributed by atoms with Gasteiger partial charge in [0.25, 0.3) is 0 Å². The Balaban J connectivity index is 2.54. The van der Waals surface area contributed by atoms with Crippen LogP contribution in [0.25, 0.3) is 0 Å². The number of hydrogen-bond acceptors (Lipinski definition) is 6. The monoisotopic (exact) mass is 264 g/mol. The number of aliphatic hydroxyl groups is 4. The molecule has 18 heavy (non-hydrogen) atoms. The van der Waals surface area contributed by atoms with Crippen molar-refractivity contribution in [3.05, 3.63) is 0 Å². The minimum absolute atomic E-state index is 0.0755. The summed E-state index contributed by atoms with van der Waals surface area (Å²) in [6, 6.07) is 0. The molecule has 1 rings (SSSR count). The zero-order chi connectivity index (χ0) is 13.5. The van der Waals surface area contributed by atoms with Gasteiger partial charge < -0.3 is 29.9 Å². The van der Waals surface area contributed by atoms with Crippen LogP contribution < -0.4 is 0 Å². The van der Waals surface area contributed by atoms with E-state index in [2.05, 4.69) is 0 Å². The van der Waals surface area contributed by atoms with Crippen LogP contribution in [0.2, 0.25) is 0 Å². The second-order valence-electron chi connectivity index (χ2n) is 4.83. The summed E-state index contributed by atoms with van der Waals surface area (Å²) in [7, 11) is 0. The molecule has 0 aromatic carbocycles. The van der Waals surface area contributed by atoms with Crippen molar-refractivity contribution in [2.24, 2.45) is 0 Å². The molecule has 0 unspecified atom stereocenters. The van der Waals surface area contributed by atoms with E-state index in [1.54, 1.807) is 0 Å². The van der Waals surface area contributed by atoms with Gasteiger partial charge in [0.05, 0.1) is 50.8 Å². The van der Waals surface area contributed by atoms with Crippen LogP contribution >= 0.6 is 0 Å². The summed E-state index contributed by atoms with van der Waals surface area (Å²) in [5, 5.41) is 36.4. The highest BCUT2D eigenvalue weighted by molar-refractivity contribution is 4.95. The summed E-state index contributed by atoms with van der Waals surface area (Å²) >= 11 is 0. The normalized spacial score (nSPS) is 32.7. The van der Waals surface area contributed by atoms with Crippen LogP contribution in [-0.2, 0) is 9.47 Å². The lowest BCUT2D eigenvalue weighted by atomic mass is 9.76. The Morgan fingerprint density at radius 2 is 1.00 bits per heavy atom. The van der Waals surface area contributed by atoms with Crippen LogP contribution in [0.3, 0.4) is 0 Å². The van der Waals surface area contributed by atoms with Gasteiger partial charge >= 0.3 is 0 Å². The average Bonchev–Trinajstić information content (AvgIpc) is 2.44. The fourth-order valence-corrected chi connectivity index (χ4v) is 2.38. The summed E-state index contributed by atoms with van der Waals surface area (Å²) in [5.41, 5.74) is -1.27. The van der Waals surface area contributed by atoms with Crippen molar-refractivity contribution in [2.75, 3.05) is 39.6 Å². The van der Waals surface area contributed by atoms with Crippen LogP contribution in [0, 0.1) is 0 Å². The maximum absolute atomic E-state index is 9.44. The molecule has 1 fully saturated rings. The van der Waals surface area contributed by atoms with Crippen molar-refractivity contribution in [3.8, 4) is 0 Å². The van der Waals surface area contributed by atoms with Gasteiger partial charge in [-0.05, 0) is 25.7 Å². The molecule has 0 saturated heterocycles. The van der Waals surface area contributed by atoms with Crippen LogP contribution in [0.1, 0.15) is 25.7 Å². The Hall–Kier alpha value is -0.240. The van der Waals surface area contributed by atoms with Gasteiger partial charge in [-0.1, -0.05) is 0 Å². The van der Waals surface area contributed by atoms with Crippen LogP contribution in [0.5, 0.6) is 0 Å². The second kappa shape index (κ2) is 7.37. The molecular formula is C12H24O6. The van der Waals surface area contributed by atoms with Crippen molar-refractivity contribution >= 4 is 0 Å². The van der Waals surface area contributed by atoms with Crippen molar-refractivity contribution in [1.29, 1.82) is 0 Å². The van der Waals surface area contributed by atoms with Crippen molar-refractivity contribution in [1.82, 2.24) is 0 Å². The molecule has 0 aliphatic heterocycles. The van der Waals surface area contributed by atoms with Gasteiger partial charge in [-0.25, -0.2) is 0 Å². The van der Waals surface area contributed by atoms with Gasteiger partial charge in [0, 0.05) is 0 Å².